The number of rotatable bonds is 1. The Morgan fingerprint density at radius 2 is 2.36 bits per heavy atom. The lowest BCUT2D eigenvalue weighted by molar-refractivity contribution is 0.404. The van der Waals surface area contributed by atoms with Gasteiger partial charge in [-0.15, -0.1) is 0 Å². The molecule has 5 heteroatoms. The van der Waals surface area contributed by atoms with Crippen LogP contribution in [0.2, 0.25) is 5.15 Å². The average molecular weight is 287 g/mol. The predicted octanol–water partition coefficient (Wildman–Crippen LogP) is 2.49. The van der Waals surface area contributed by atoms with Gasteiger partial charge in [-0.05, 0) is 22.6 Å². The Kier molecular flexibility index (Phi) is 2.89. The van der Waals surface area contributed by atoms with E-state index < -0.39 is 5.82 Å². The van der Waals surface area contributed by atoms with Crippen molar-refractivity contribution >= 4 is 34.2 Å². The Bertz CT molecular complexity index is 282. The molecule has 0 aromatic carbocycles. The molecular weight excluding hydrogens is 283 g/mol. The summed E-state index contributed by atoms with van der Waals surface area (Å²) in [5.41, 5.74) is 0. The van der Waals surface area contributed by atoms with Gasteiger partial charge >= 0.3 is 0 Å². The second-order valence-electron chi connectivity index (χ2n) is 1.75. The Balaban J connectivity index is 3.25. The number of halogens is 3. The molecule has 1 rings (SSSR count). The zero-order valence-corrected chi connectivity index (χ0v) is 8.48. The molecule has 0 amide bonds. The standard InChI is InChI=1S/C6H4ClFINO/c1-11-3-2-10-6(7)4(8)5(3)9/h2H,1H3. The van der Waals surface area contributed by atoms with Gasteiger partial charge in [0.25, 0.3) is 0 Å². The van der Waals surface area contributed by atoms with Gasteiger partial charge in [0.05, 0.1) is 16.9 Å². The molecule has 0 radical (unpaired) electrons. The maximum absolute atomic E-state index is 12.9. The third-order valence-corrected chi connectivity index (χ3v) is 2.37. The third kappa shape index (κ3) is 1.73. The van der Waals surface area contributed by atoms with Crippen LogP contribution in [0.5, 0.6) is 5.75 Å². The summed E-state index contributed by atoms with van der Waals surface area (Å²) >= 11 is 7.20. The molecule has 11 heavy (non-hydrogen) atoms. The second-order valence-corrected chi connectivity index (χ2v) is 3.18. The predicted molar refractivity (Wildman–Crippen MR) is 48.5 cm³/mol. The fraction of sp³-hybridized carbons (Fsp3) is 0.167. The highest BCUT2D eigenvalue weighted by molar-refractivity contribution is 14.1. The van der Waals surface area contributed by atoms with E-state index in [-0.39, 0.29) is 5.15 Å². The van der Waals surface area contributed by atoms with Crippen molar-refractivity contribution in [1.29, 1.82) is 0 Å². The second kappa shape index (κ2) is 3.53. The first kappa shape index (κ1) is 8.99. The Hall–Kier alpha value is -0.100. The lowest BCUT2D eigenvalue weighted by atomic mass is 10.4. The Morgan fingerprint density at radius 1 is 1.73 bits per heavy atom. The van der Waals surface area contributed by atoms with Crippen LogP contribution in [0.4, 0.5) is 4.39 Å². The SMILES string of the molecule is COc1cnc(Cl)c(F)c1I. The highest BCUT2D eigenvalue weighted by Gasteiger charge is 2.10. The molecule has 2 nitrogen and oxygen atoms in total. The van der Waals surface area contributed by atoms with Gasteiger partial charge in [0.2, 0.25) is 0 Å². The summed E-state index contributed by atoms with van der Waals surface area (Å²) in [6.07, 6.45) is 1.38. The van der Waals surface area contributed by atoms with Crippen molar-refractivity contribution in [2.24, 2.45) is 0 Å². The molecule has 0 spiro atoms. The average Bonchev–Trinajstić information content (AvgIpc) is 2.01. The first-order valence-electron chi connectivity index (χ1n) is 2.70. The minimum atomic E-state index is -0.536. The molecule has 0 atom stereocenters. The molecule has 1 aromatic rings. The normalized spacial score (nSPS) is 9.82. The van der Waals surface area contributed by atoms with E-state index in [1.165, 1.54) is 13.3 Å². The van der Waals surface area contributed by atoms with Gasteiger partial charge in [0.15, 0.2) is 16.7 Å². The summed E-state index contributed by atoms with van der Waals surface area (Å²) in [4.78, 5) is 3.57. The molecular formula is C6H4ClFINO. The quantitative estimate of drug-likeness (QED) is 0.585. The van der Waals surface area contributed by atoms with Crippen molar-refractivity contribution in [3.63, 3.8) is 0 Å². The van der Waals surface area contributed by atoms with Crippen LogP contribution in [0.15, 0.2) is 6.20 Å². The smallest absolute Gasteiger partial charge is 0.177 e. The van der Waals surface area contributed by atoms with E-state index in [9.17, 15) is 4.39 Å². The first-order valence-corrected chi connectivity index (χ1v) is 4.16. The van der Waals surface area contributed by atoms with E-state index in [2.05, 4.69) is 4.98 Å². The van der Waals surface area contributed by atoms with Crippen molar-refractivity contribution in [3.05, 3.63) is 20.7 Å². The van der Waals surface area contributed by atoms with Crippen molar-refractivity contribution in [2.45, 2.75) is 0 Å². The molecule has 0 N–H and O–H groups in total. The van der Waals surface area contributed by atoms with Gasteiger partial charge < -0.3 is 4.74 Å². The lowest BCUT2D eigenvalue weighted by Crippen LogP contribution is -1.93. The molecule has 0 aliphatic heterocycles. The van der Waals surface area contributed by atoms with Crippen LogP contribution in [0.3, 0.4) is 0 Å². The molecule has 1 heterocycles. The van der Waals surface area contributed by atoms with Gasteiger partial charge in [-0.3, -0.25) is 0 Å². The maximum atomic E-state index is 12.9. The number of nitrogens with zero attached hydrogens (tertiary/aromatic N) is 1. The summed E-state index contributed by atoms with van der Waals surface area (Å²) in [5.74, 6) is -0.140. The minimum absolute atomic E-state index is 0.129. The highest BCUT2D eigenvalue weighted by atomic mass is 127. The zero-order chi connectivity index (χ0) is 8.43. The lowest BCUT2D eigenvalue weighted by Gasteiger charge is -2.02. The molecule has 0 saturated heterocycles. The molecule has 0 bridgehead atoms. The van der Waals surface area contributed by atoms with E-state index >= 15 is 0 Å². The minimum Gasteiger partial charge on any atom is -0.494 e. The van der Waals surface area contributed by atoms with E-state index in [0.29, 0.717) is 9.32 Å². The van der Waals surface area contributed by atoms with Crippen molar-refractivity contribution < 1.29 is 9.13 Å². The summed E-state index contributed by atoms with van der Waals surface area (Å²) < 4.78 is 18.1. The van der Waals surface area contributed by atoms with Crippen molar-refractivity contribution in [1.82, 2.24) is 4.98 Å². The van der Waals surface area contributed by atoms with Crippen LogP contribution < -0.4 is 4.74 Å². The topological polar surface area (TPSA) is 22.1 Å². The first-order chi connectivity index (χ1) is 5.16. The third-order valence-electron chi connectivity index (χ3n) is 1.11. The number of hydrogen-bond donors (Lipinski definition) is 0. The molecule has 0 saturated carbocycles. The van der Waals surface area contributed by atoms with Gasteiger partial charge in [0, 0.05) is 0 Å². The largest absolute Gasteiger partial charge is 0.494 e. The van der Waals surface area contributed by atoms with Gasteiger partial charge in [-0.2, -0.15) is 0 Å². The Labute approximate surface area is 81.9 Å². The van der Waals surface area contributed by atoms with Crippen molar-refractivity contribution in [3.8, 4) is 5.75 Å². The summed E-state index contributed by atoms with van der Waals surface area (Å²) in [7, 11) is 1.45. The van der Waals surface area contributed by atoms with Crippen LogP contribution in [0, 0.1) is 9.39 Å². The number of ether oxygens (including phenoxy) is 1. The van der Waals surface area contributed by atoms with Gasteiger partial charge in [-0.1, -0.05) is 11.6 Å². The molecule has 1 aromatic heterocycles. The highest BCUT2D eigenvalue weighted by Crippen LogP contribution is 2.25. The molecule has 0 fully saturated rings. The van der Waals surface area contributed by atoms with Gasteiger partial charge in [0.1, 0.15) is 0 Å². The van der Waals surface area contributed by atoms with Gasteiger partial charge in [-0.25, -0.2) is 9.37 Å². The van der Waals surface area contributed by atoms with Crippen LogP contribution in [0.1, 0.15) is 0 Å². The molecule has 0 aliphatic rings. The van der Waals surface area contributed by atoms with Crippen molar-refractivity contribution in [2.75, 3.05) is 7.11 Å². The van der Waals surface area contributed by atoms with Crippen LogP contribution in [-0.2, 0) is 0 Å². The van der Waals surface area contributed by atoms with E-state index in [1.807, 2.05) is 0 Å². The molecule has 0 aliphatic carbocycles. The number of aromatic nitrogens is 1. The molecule has 60 valence electrons. The van der Waals surface area contributed by atoms with E-state index in [0.717, 1.165) is 0 Å². The van der Waals surface area contributed by atoms with E-state index in [4.69, 9.17) is 16.3 Å². The van der Waals surface area contributed by atoms with Crippen LogP contribution >= 0.6 is 34.2 Å². The fourth-order valence-electron chi connectivity index (χ4n) is 0.570. The van der Waals surface area contributed by atoms with Crippen LogP contribution in [0.25, 0.3) is 0 Å². The number of methoxy groups -OCH3 is 1. The monoisotopic (exact) mass is 287 g/mol. The Morgan fingerprint density at radius 3 is 2.91 bits per heavy atom. The summed E-state index contributed by atoms with van der Waals surface area (Å²) in [5, 5.41) is -0.129. The van der Waals surface area contributed by atoms with Crippen LogP contribution in [-0.4, -0.2) is 12.1 Å². The van der Waals surface area contributed by atoms with E-state index in [1.54, 1.807) is 22.6 Å². The fourth-order valence-corrected chi connectivity index (χ4v) is 1.49. The summed E-state index contributed by atoms with van der Waals surface area (Å²) in [6.45, 7) is 0. The number of pyridine rings is 1. The summed E-state index contributed by atoms with van der Waals surface area (Å²) in [6, 6.07) is 0. The molecule has 0 unspecified atom stereocenters. The number of hydrogen-bond acceptors (Lipinski definition) is 2. The maximum Gasteiger partial charge on any atom is 0.177 e. The zero-order valence-electron chi connectivity index (χ0n) is 5.57.